The number of nitrogens with one attached hydrogen (secondary N) is 1. The van der Waals surface area contributed by atoms with E-state index in [0.29, 0.717) is 5.56 Å². The molecule has 3 N–H and O–H groups in total. The van der Waals surface area contributed by atoms with E-state index < -0.39 is 30.4 Å². The van der Waals surface area contributed by atoms with Gasteiger partial charge in [0.1, 0.15) is 12.6 Å². The minimum atomic E-state index is -1.14. The molecule has 1 saturated carbocycles. The van der Waals surface area contributed by atoms with E-state index in [4.69, 9.17) is 5.11 Å². The monoisotopic (exact) mass is 419 g/mol. The van der Waals surface area contributed by atoms with Crippen molar-refractivity contribution in [2.24, 2.45) is 5.92 Å². The summed E-state index contributed by atoms with van der Waals surface area (Å²) in [4.78, 5) is 24.0. The molecule has 0 aromatic heterocycles. The molecule has 0 heterocycles. The molecule has 31 heavy (non-hydrogen) atoms. The molecule has 0 saturated heterocycles. The standard InChI is InChI=1S/C26H29NO4/c1-18(29)25(24(30)17-28)27-26(31)23-15-13-22(14-16-23)12-11-21-9-7-20(8-10-21)6-5-19-3-2-4-19/h7-10,13-16,18-19,25,28-29H,2-6,17H2,1H3,(H,27,31)/t18-,25+/m1/s1. The molecule has 1 aliphatic carbocycles. The quantitative estimate of drug-likeness (QED) is 0.575. The molecule has 1 amide bonds. The highest BCUT2D eigenvalue weighted by atomic mass is 16.3. The van der Waals surface area contributed by atoms with Gasteiger partial charge in [-0.25, -0.2) is 0 Å². The SMILES string of the molecule is C[C@@H](O)[C@H](NC(=O)c1ccc(C#Cc2ccc(CCC3CCC3)cc2)cc1)C(=O)CO. The normalized spacial score (nSPS) is 15.2. The number of aryl methyl sites for hydroxylation is 1. The zero-order valence-electron chi connectivity index (χ0n) is 17.8. The van der Waals surface area contributed by atoms with Crippen molar-refractivity contribution in [2.45, 2.75) is 51.2 Å². The number of amides is 1. The van der Waals surface area contributed by atoms with Gasteiger partial charge in [0.2, 0.25) is 0 Å². The second kappa shape index (κ2) is 10.9. The van der Waals surface area contributed by atoms with Crippen LogP contribution in [0, 0.1) is 17.8 Å². The van der Waals surface area contributed by atoms with Gasteiger partial charge in [0.05, 0.1) is 6.10 Å². The number of Topliss-reactive ketones (excluding diaryl/α,β-unsaturated/α-hetero) is 1. The molecular weight excluding hydrogens is 390 g/mol. The van der Waals surface area contributed by atoms with Gasteiger partial charge in [0, 0.05) is 16.7 Å². The lowest BCUT2D eigenvalue weighted by Crippen LogP contribution is -2.48. The maximum Gasteiger partial charge on any atom is 0.251 e. The highest BCUT2D eigenvalue weighted by Gasteiger charge is 2.25. The Balaban J connectivity index is 1.57. The molecule has 0 bridgehead atoms. The third-order valence-electron chi connectivity index (χ3n) is 5.79. The van der Waals surface area contributed by atoms with Gasteiger partial charge in [0.25, 0.3) is 5.91 Å². The Morgan fingerprint density at radius 1 is 1.03 bits per heavy atom. The van der Waals surface area contributed by atoms with Crippen molar-refractivity contribution < 1.29 is 19.8 Å². The number of benzene rings is 2. The van der Waals surface area contributed by atoms with Gasteiger partial charge < -0.3 is 15.5 Å². The summed E-state index contributed by atoms with van der Waals surface area (Å²) in [5, 5.41) is 21.1. The molecule has 2 aromatic carbocycles. The minimum absolute atomic E-state index is 0.345. The molecule has 162 valence electrons. The molecule has 1 aliphatic rings. The molecule has 2 atom stereocenters. The van der Waals surface area contributed by atoms with Crippen molar-refractivity contribution >= 4 is 11.7 Å². The van der Waals surface area contributed by atoms with E-state index >= 15 is 0 Å². The highest BCUT2D eigenvalue weighted by Crippen LogP contribution is 2.30. The van der Waals surface area contributed by atoms with E-state index in [2.05, 4.69) is 29.3 Å². The van der Waals surface area contributed by atoms with E-state index in [9.17, 15) is 14.7 Å². The van der Waals surface area contributed by atoms with Crippen molar-refractivity contribution in [3.05, 3.63) is 70.8 Å². The van der Waals surface area contributed by atoms with E-state index in [1.807, 2.05) is 12.1 Å². The zero-order chi connectivity index (χ0) is 22.2. The summed E-state index contributed by atoms with van der Waals surface area (Å²) < 4.78 is 0. The van der Waals surface area contributed by atoms with Crippen molar-refractivity contribution in [3.63, 3.8) is 0 Å². The first-order valence-corrected chi connectivity index (χ1v) is 10.8. The van der Waals surface area contributed by atoms with Crippen LogP contribution in [0.2, 0.25) is 0 Å². The minimum Gasteiger partial charge on any atom is -0.391 e. The topological polar surface area (TPSA) is 86.6 Å². The van der Waals surface area contributed by atoms with Crippen LogP contribution < -0.4 is 5.32 Å². The Kier molecular flexibility index (Phi) is 8.00. The molecule has 0 aliphatic heterocycles. The third kappa shape index (κ3) is 6.52. The summed E-state index contributed by atoms with van der Waals surface area (Å²) in [5.41, 5.74) is 3.40. The first-order valence-electron chi connectivity index (χ1n) is 10.8. The lowest BCUT2D eigenvalue weighted by atomic mass is 9.81. The van der Waals surface area contributed by atoms with Crippen LogP contribution >= 0.6 is 0 Å². The average Bonchev–Trinajstić information content (AvgIpc) is 2.75. The predicted octanol–water partition coefficient (Wildman–Crippen LogP) is 2.86. The highest BCUT2D eigenvalue weighted by molar-refractivity contribution is 5.98. The Morgan fingerprint density at radius 2 is 1.61 bits per heavy atom. The Bertz CT molecular complexity index is 948. The van der Waals surface area contributed by atoms with Crippen LogP contribution in [-0.4, -0.2) is 40.7 Å². The van der Waals surface area contributed by atoms with Crippen molar-refractivity contribution in [2.75, 3.05) is 6.61 Å². The van der Waals surface area contributed by atoms with Crippen LogP contribution in [0.25, 0.3) is 0 Å². The molecule has 5 nitrogen and oxygen atoms in total. The van der Waals surface area contributed by atoms with Gasteiger partial charge in [-0.1, -0.05) is 43.2 Å². The fourth-order valence-electron chi connectivity index (χ4n) is 3.55. The zero-order valence-corrected chi connectivity index (χ0v) is 17.8. The number of carbonyl (C=O) groups is 2. The van der Waals surface area contributed by atoms with Crippen LogP contribution in [0.5, 0.6) is 0 Å². The Morgan fingerprint density at radius 3 is 2.10 bits per heavy atom. The summed E-state index contributed by atoms with van der Waals surface area (Å²) in [6, 6.07) is 13.9. The molecule has 0 spiro atoms. The van der Waals surface area contributed by atoms with E-state index in [1.54, 1.807) is 24.3 Å². The third-order valence-corrected chi connectivity index (χ3v) is 5.79. The second-order valence-corrected chi connectivity index (χ2v) is 8.18. The Labute approximate surface area is 183 Å². The number of carbonyl (C=O) groups excluding carboxylic acids is 2. The predicted molar refractivity (Wildman–Crippen MR) is 120 cm³/mol. The van der Waals surface area contributed by atoms with Gasteiger partial charge in [-0.15, -0.1) is 0 Å². The maximum absolute atomic E-state index is 12.3. The molecule has 0 radical (unpaired) electrons. The van der Waals surface area contributed by atoms with Gasteiger partial charge in [-0.3, -0.25) is 9.59 Å². The van der Waals surface area contributed by atoms with E-state index in [0.717, 1.165) is 23.5 Å². The molecule has 3 rings (SSSR count). The number of rotatable bonds is 8. The van der Waals surface area contributed by atoms with Gasteiger partial charge in [0.15, 0.2) is 5.78 Å². The molecular formula is C26H29NO4. The van der Waals surface area contributed by atoms with Gasteiger partial charge in [-0.2, -0.15) is 0 Å². The van der Waals surface area contributed by atoms with Gasteiger partial charge >= 0.3 is 0 Å². The summed E-state index contributed by atoms with van der Waals surface area (Å²) in [5.74, 6) is 6.01. The number of hydrogen-bond acceptors (Lipinski definition) is 4. The van der Waals surface area contributed by atoms with Gasteiger partial charge in [-0.05, 0) is 67.6 Å². The Hall–Kier alpha value is -2.94. The maximum atomic E-state index is 12.3. The molecule has 2 aromatic rings. The van der Waals surface area contributed by atoms with Crippen LogP contribution in [0.1, 0.15) is 59.7 Å². The van der Waals surface area contributed by atoms with E-state index in [1.165, 1.54) is 38.2 Å². The lowest BCUT2D eigenvalue weighted by Gasteiger charge is -2.25. The average molecular weight is 420 g/mol. The van der Waals surface area contributed by atoms with Crippen molar-refractivity contribution in [1.29, 1.82) is 0 Å². The second-order valence-electron chi connectivity index (χ2n) is 8.18. The molecule has 0 unspecified atom stereocenters. The first-order chi connectivity index (χ1) is 15.0. The van der Waals surface area contributed by atoms with Crippen LogP contribution in [0.4, 0.5) is 0 Å². The largest absolute Gasteiger partial charge is 0.391 e. The fourth-order valence-corrected chi connectivity index (χ4v) is 3.55. The van der Waals surface area contributed by atoms with Crippen LogP contribution in [0.3, 0.4) is 0 Å². The summed E-state index contributed by atoms with van der Waals surface area (Å²) in [6.07, 6.45) is 5.45. The van der Waals surface area contributed by atoms with Crippen molar-refractivity contribution in [1.82, 2.24) is 5.32 Å². The molecule has 5 heteroatoms. The summed E-state index contributed by atoms with van der Waals surface area (Å²) in [7, 11) is 0. The van der Waals surface area contributed by atoms with Crippen LogP contribution in [-0.2, 0) is 11.2 Å². The molecule has 1 fully saturated rings. The fraction of sp³-hybridized carbons (Fsp3) is 0.385. The van der Waals surface area contributed by atoms with Crippen molar-refractivity contribution in [3.8, 4) is 11.8 Å². The van der Waals surface area contributed by atoms with E-state index in [-0.39, 0.29) is 0 Å². The summed E-state index contributed by atoms with van der Waals surface area (Å²) >= 11 is 0. The number of hydrogen-bond donors (Lipinski definition) is 3. The number of aliphatic hydroxyl groups is 2. The first kappa shape index (κ1) is 22.7. The smallest absolute Gasteiger partial charge is 0.251 e. The number of aliphatic hydroxyl groups excluding tert-OH is 2. The number of ketones is 1. The van der Waals surface area contributed by atoms with Crippen LogP contribution in [0.15, 0.2) is 48.5 Å². The summed E-state index contributed by atoms with van der Waals surface area (Å²) in [6.45, 7) is 0.643. The lowest BCUT2D eigenvalue weighted by molar-refractivity contribution is -0.125.